The molecule has 0 amide bonds. The van der Waals surface area contributed by atoms with Gasteiger partial charge in [0.15, 0.2) is 0 Å². The quantitative estimate of drug-likeness (QED) is 0.514. The third-order valence-electron chi connectivity index (χ3n) is 3.10. The lowest BCUT2D eigenvalue weighted by molar-refractivity contribution is 0.926. The van der Waals surface area contributed by atoms with Gasteiger partial charge in [0.05, 0.1) is 12.1 Å². The highest BCUT2D eigenvalue weighted by atomic mass is 16.3. The molecule has 0 N–H and O–H groups in total. The maximum Gasteiger partial charge on any atom is 0.0866 e. The van der Waals surface area contributed by atoms with Crippen LogP contribution in [0.1, 0.15) is 5.69 Å². The second-order valence-corrected chi connectivity index (χ2v) is 4.26. The van der Waals surface area contributed by atoms with Gasteiger partial charge in [0.1, 0.15) is 0 Å². The monoisotopic (exact) mass is 236 g/mol. The van der Waals surface area contributed by atoms with Crippen molar-refractivity contribution in [3.05, 3.63) is 59.1 Å². The summed E-state index contributed by atoms with van der Waals surface area (Å²) in [5, 5.41) is 6.34. The Balaban J connectivity index is 2.23. The summed E-state index contributed by atoms with van der Waals surface area (Å²) in [6.07, 6.45) is 0.600. The van der Waals surface area contributed by atoms with E-state index in [1.807, 2.05) is 18.2 Å². The van der Waals surface area contributed by atoms with E-state index < -0.39 is 0 Å². The number of nitrogens with zero attached hydrogens (tertiary/aromatic N) is 2. The van der Waals surface area contributed by atoms with Crippen molar-refractivity contribution in [3.63, 3.8) is 0 Å². The van der Waals surface area contributed by atoms with Crippen molar-refractivity contribution in [2.75, 3.05) is 6.54 Å². The molecule has 0 aliphatic heterocycles. The predicted octanol–water partition coefficient (Wildman–Crippen LogP) is 3.70. The molecule has 0 bridgehead atoms. The van der Waals surface area contributed by atoms with Crippen molar-refractivity contribution in [2.45, 2.75) is 6.42 Å². The second-order valence-electron chi connectivity index (χ2n) is 4.26. The van der Waals surface area contributed by atoms with E-state index in [1.165, 1.54) is 5.39 Å². The van der Waals surface area contributed by atoms with Gasteiger partial charge >= 0.3 is 0 Å². The van der Waals surface area contributed by atoms with Gasteiger partial charge in [-0.1, -0.05) is 47.6 Å². The van der Waals surface area contributed by atoms with Gasteiger partial charge in [-0.3, -0.25) is 4.98 Å². The molecule has 3 rings (SSSR count). The van der Waals surface area contributed by atoms with E-state index in [0.29, 0.717) is 6.42 Å². The van der Waals surface area contributed by atoms with Gasteiger partial charge < -0.3 is 0 Å². The number of benzene rings is 2. The van der Waals surface area contributed by atoms with Gasteiger partial charge in [-0.2, -0.15) is 4.91 Å². The molecule has 3 aromatic rings. The highest BCUT2D eigenvalue weighted by Gasteiger charge is 2.03. The summed E-state index contributed by atoms with van der Waals surface area (Å²) in [5.74, 6) is 0. The van der Waals surface area contributed by atoms with E-state index >= 15 is 0 Å². The van der Waals surface area contributed by atoms with Crippen LogP contribution in [-0.4, -0.2) is 11.5 Å². The second kappa shape index (κ2) is 4.53. The zero-order valence-electron chi connectivity index (χ0n) is 9.84. The summed E-state index contributed by atoms with van der Waals surface area (Å²) < 4.78 is 0. The first kappa shape index (κ1) is 10.8. The molecule has 2 aromatic carbocycles. The summed E-state index contributed by atoms with van der Waals surface area (Å²) in [5.41, 5.74) is 1.91. The van der Waals surface area contributed by atoms with Crippen LogP contribution in [0.15, 0.2) is 53.7 Å². The van der Waals surface area contributed by atoms with E-state index in [1.54, 1.807) is 0 Å². The number of aromatic nitrogens is 1. The van der Waals surface area contributed by atoms with E-state index in [4.69, 9.17) is 0 Å². The minimum Gasteiger partial charge on any atom is -0.252 e. The third-order valence-corrected chi connectivity index (χ3v) is 3.10. The van der Waals surface area contributed by atoms with Crippen molar-refractivity contribution in [3.8, 4) is 0 Å². The SMILES string of the molecule is O=NCCc1ccc2ccc3ccccc3c2n1. The van der Waals surface area contributed by atoms with Crippen LogP contribution >= 0.6 is 0 Å². The molecule has 0 aliphatic carbocycles. The highest BCUT2D eigenvalue weighted by molar-refractivity contribution is 6.05. The van der Waals surface area contributed by atoms with Crippen LogP contribution in [0.4, 0.5) is 0 Å². The van der Waals surface area contributed by atoms with Crippen LogP contribution < -0.4 is 0 Å². The Kier molecular flexibility index (Phi) is 2.73. The first-order chi connectivity index (χ1) is 8.88. The number of pyridine rings is 1. The molecule has 88 valence electrons. The lowest BCUT2D eigenvalue weighted by Gasteiger charge is -2.05. The number of nitroso groups, excluding NO2 is 1. The van der Waals surface area contributed by atoms with Gasteiger partial charge in [0.2, 0.25) is 0 Å². The standard InChI is InChI=1S/C15H12N2O/c18-16-10-9-13-8-7-12-6-5-11-3-1-2-4-14(11)15(12)17-13/h1-8H,9-10H2. The molecule has 0 unspecified atom stereocenters. The normalized spacial score (nSPS) is 10.9. The fourth-order valence-electron chi connectivity index (χ4n) is 2.20. The molecular formula is C15H12N2O. The first-order valence-corrected chi connectivity index (χ1v) is 5.95. The molecule has 0 saturated carbocycles. The van der Waals surface area contributed by atoms with Crippen LogP contribution in [-0.2, 0) is 6.42 Å². The smallest absolute Gasteiger partial charge is 0.0866 e. The van der Waals surface area contributed by atoms with Gasteiger partial charge in [0.25, 0.3) is 0 Å². The summed E-state index contributed by atoms with van der Waals surface area (Å²) in [4.78, 5) is 14.8. The van der Waals surface area contributed by atoms with Crippen LogP contribution in [0.3, 0.4) is 0 Å². The Morgan fingerprint density at radius 3 is 2.61 bits per heavy atom. The van der Waals surface area contributed by atoms with E-state index in [-0.39, 0.29) is 6.54 Å². The molecule has 0 spiro atoms. The summed E-state index contributed by atoms with van der Waals surface area (Å²) in [6.45, 7) is 0.281. The van der Waals surface area contributed by atoms with Crippen molar-refractivity contribution >= 4 is 21.7 Å². The average molecular weight is 236 g/mol. The lowest BCUT2D eigenvalue weighted by atomic mass is 10.1. The Labute approximate surface area is 104 Å². The Bertz CT molecular complexity index is 722. The summed E-state index contributed by atoms with van der Waals surface area (Å²) in [6, 6.07) is 16.4. The van der Waals surface area contributed by atoms with Gasteiger partial charge in [-0.05, 0) is 11.5 Å². The zero-order valence-corrected chi connectivity index (χ0v) is 9.84. The van der Waals surface area contributed by atoms with Gasteiger partial charge in [-0.25, -0.2) is 0 Å². The number of rotatable bonds is 3. The van der Waals surface area contributed by atoms with Crippen molar-refractivity contribution in [2.24, 2.45) is 5.18 Å². The van der Waals surface area contributed by atoms with Gasteiger partial charge in [-0.15, -0.1) is 0 Å². The van der Waals surface area contributed by atoms with Crippen LogP contribution in [0.25, 0.3) is 21.7 Å². The maximum atomic E-state index is 10.2. The van der Waals surface area contributed by atoms with Crippen LogP contribution in [0, 0.1) is 4.91 Å². The van der Waals surface area contributed by atoms with E-state index in [0.717, 1.165) is 22.0 Å². The molecule has 1 aromatic heterocycles. The number of hydrogen-bond donors (Lipinski definition) is 0. The molecule has 3 nitrogen and oxygen atoms in total. The average Bonchev–Trinajstić information content (AvgIpc) is 2.45. The molecule has 0 aliphatic rings. The maximum absolute atomic E-state index is 10.2. The van der Waals surface area contributed by atoms with E-state index in [2.05, 4.69) is 40.5 Å². The molecule has 3 heteroatoms. The molecule has 1 heterocycles. The molecule has 0 radical (unpaired) electrons. The first-order valence-electron chi connectivity index (χ1n) is 5.95. The highest BCUT2D eigenvalue weighted by Crippen LogP contribution is 2.23. The Morgan fingerprint density at radius 2 is 1.72 bits per heavy atom. The molecular weight excluding hydrogens is 224 g/mol. The minimum atomic E-state index is 0.281. The van der Waals surface area contributed by atoms with Crippen molar-refractivity contribution < 1.29 is 0 Å². The van der Waals surface area contributed by atoms with Crippen LogP contribution in [0.2, 0.25) is 0 Å². The molecule has 0 saturated heterocycles. The summed E-state index contributed by atoms with van der Waals surface area (Å²) in [7, 11) is 0. The Hall–Kier alpha value is -2.29. The predicted molar refractivity (Wildman–Crippen MR) is 73.6 cm³/mol. The van der Waals surface area contributed by atoms with Gasteiger partial charge in [0, 0.05) is 22.9 Å². The van der Waals surface area contributed by atoms with Crippen molar-refractivity contribution in [1.82, 2.24) is 4.98 Å². The molecule has 0 fully saturated rings. The Morgan fingerprint density at radius 1 is 0.944 bits per heavy atom. The number of hydrogen-bond acceptors (Lipinski definition) is 3. The topological polar surface area (TPSA) is 42.3 Å². The largest absolute Gasteiger partial charge is 0.252 e. The fraction of sp³-hybridized carbons (Fsp3) is 0.133. The van der Waals surface area contributed by atoms with Crippen molar-refractivity contribution in [1.29, 1.82) is 0 Å². The van der Waals surface area contributed by atoms with Crippen LogP contribution in [0.5, 0.6) is 0 Å². The molecule has 18 heavy (non-hydrogen) atoms. The lowest BCUT2D eigenvalue weighted by Crippen LogP contribution is -1.93. The number of fused-ring (bicyclic) bond motifs is 3. The molecule has 0 atom stereocenters. The zero-order chi connectivity index (χ0) is 12.4. The third kappa shape index (κ3) is 1.84. The summed E-state index contributed by atoms with van der Waals surface area (Å²) >= 11 is 0. The minimum absolute atomic E-state index is 0.281. The van der Waals surface area contributed by atoms with E-state index in [9.17, 15) is 4.91 Å². The fourth-order valence-corrected chi connectivity index (χ4v) is 2.20.